The summed E-state index contributed by atoms with van der Waals surface area (Å²) in [4.78, 5) is 14.5. The number of aromatic hydroxyl groups is 1. The van der Waals surface area contributed by atoms with E-state index in [2.05, 4.69) is 27.6 Å². The molecule has 1 amide bonds. The van der Waals surface area contributed by atoms with Crippen LogP contribution >= 0.6 is 0 Å². The predicted octanol–water partition coefficient (Wildman–Crippen LogP) is 3.54. The van der Waals surface area contributed by atoms with Gasteiger partial charge in [0.05, 0.1) is 5.71 Å². The van der Waals surface area contributed by atoms with Crippen molar-refractivity contribution in [3.8, 4) is 5.75 Å². The van der Waals surface area contributed by atoms with E-state index in [1.807, 2.05) is 19.1 Å². The van der Waals surface area contributed by atoms with Crippen molar-refractivity contribution in [2.75, 3.05) is 18.0 Å². The molecule has 0 saturated carbocycles. The van der Waals surface area contributed by atoms with Crippen LogP contribution < -0.4 is 10.3 Å². The lowest BCUT2D eigenvalue weighted by atomic mass is 10.1. The number of hydrogen-bond acceptors (Lipinski definition) is 4. The van der Waals surface area contributed by atoms with Gasteiger partial charge in [0.2, 0.25) is 0 Å². The van der Waals surface area contributed by atoms with Crippen LogP contribution in [0.15, 0.2) is 53.6 Å². The molecule has 0 radical (unpaired) electrons. The molecular weight excluding hydrogens is 314 g/mol. The Morgan fingerprint density at radius 1 is 1.04 bits per heavy atom. The zero-order chi connectivity index (χ0) is 17.6. The maximum absolute atomic E-state index is 12.1. The van der Waals surface area contributed by atoms with E-state index in [1.165, 1.54) is 37.1 Å². The number of carbonyl (C=O) groups is 1. The Morgan fingerprint density at radius 3 is 2.44 bits per heavy atom. The van der Waals surface area contributed by atoms with Crippen molar-refractivity contribution >= 4 is 17.3 Å². The molecule has 1 aliphatic heterocycles. The number of hydrazone groups is 1. The van der Waals surface area contributed by atoms with Crippen LogP contribution in [0.5, 0.6) is 5.75 Å². The van der Waals surface area contributed by atoms with Crippen molar-refractivity contribution < 1.29 is 9.90 Å². The zero-order valence-corrected chi connectivity index (χ0v) is 14.4. The Morgan fingerprint density at radius 2 is 1.76 bits per heavy atom. The number of rotatable bonds is 4. The fourth-order valence-corrected chi connectivity index (χ4v) is 2.98. The molecule has 0 unspecified atom stereocenters. The summed E-state index contributed by atoms with van der Waals surface area (Å²) in [6, 6.07) is 14.5. The van der Waals surface area contributed by atoms with Gasteiger partial charge in [-0.25, -0.2) is 5.43 Å². The third-order valence-corrected chi connectivity index (χ3v) is 4.44. The molecule has 0 atom stereocenters. The third kappa shape index (κ3) is 4.38. The number of benzene rings is 2. The molecule has 5 nitrogen and oxygen atoms in total. The molecule has 1 aliphatic rings. The number of carbonyl (C=O) groups excluding carboxylic acids is 1. The van der Waals surface area contributed by atoms with Crippen molar-refractivity contribution in [2.45, 2.75) is 26.2 Å². The number of piperidine rings is 1. The standard InChI is InChI=1S/C20H23N3O2/c1-15(21-22-20(25)17-6-5-7-19(24)14-17)16-8-10-18(11-9-16)23-12-3-2-4-13-23/h5-11,14,24H,2-4,12-13H2,1H3,(H,22,25)/b21-15-. The summed E-state index contributed by atoms with van der Waals surface area (Å²) < 4.78 is 0. The van der Waals surface area contributed by atoms with Gasteiger partial charge >= 0.3 is 0 Å². The van der Waals surface area contributed by atoms with E-state index >= 15 is 0 Å². The van der Waals surface area contributed by atoms with Crippen LogP contribution in [0.2, 0.25) is 0 Å². The predicted molar refractivity (Wildman–Crippen MR) is 100 cm³/mol. The van der Waals surface area contributed by atoms with Crippen LogP contribution in [0.4, 0.5) is 5.69 Å². The van der Waals surface area contributed by atoms with E-state index in [0.29, 0.717) is 5.56 Å². The first-order valence-electron chi connectivity index (χ1n) is 8.62. The molecule has 25 heavy (non-hydrogen) atoms. The second kappa shape index (κ2) is 7.83. The molecule has 1 saturated heterocycles. The van der Waals surface area contributed by atoms with Crippen molar-refractivity contribution in [2.24, 2.45) is 5.10 Å². The normalized spacial score (nSPS) is 15.1. The lowest BCUT2D eigenvalue weighted by molar-refractivity contribution is 0.0954. The van der Waals surface area contributed by atoms with E-state index in [-0.39, 0.29) is 11.7 Å². The summed E-state index contributed by atoms with van der Waals surface area (Å²) >= 11 is 0. The van der Waals surface area contributed by atoms with Crippen LogP contribution in [-0.4, -0.2) is 29.8 Å². The molecule has 3 rings (SSSR count). The second-order valence-electron chi connectivity index (χ2n) is 6.28. The van der Waals surface area contributed by atoms with E-state index in [9.17, 15) is 9.90 Å². The Balaban J connectivity index is 1.64. The average Bonchev–Trinajstić information content (AvgIpc) is 2.66. The minimum Gasteiger partial charge on any atom is -0.508 e. The highest BCUT2D eigenvalue weighted by molar-refractivity contribution is 6.01. The molecule has 0 bridgehead atoms. The number of nitrogens with one attached hydrogen (secondary N) is 1. The number of hydrogen-bond donors (Lipinski definition) is 2. The monoisotopic (exact) mass is 337 g/mol. The summed E-state index contributed by atoms with van der Waals surface area (Å²) in [5.41, 5.74) is 5.84. The first kappa shape index (κ1) is 17.0. The van der Waals surface area contributed by atoms with Gasteiger partial charge < -0.3 is 10.0 Å². The highest BCUT2D eigenvalue weighted by Crippen LogP contribution is 2.20. The third-order valence-electron chi connectivity index (χ3n) is 4.44. The maximum atomic E-state index is 12.1. The van der Waals surface area contributed by atoms with E-state index in [1.54, 1.807) is 12.1 Å². The number of nitrogens with zero attached hydrogens (tertiary/aromatic N) is 2. The SMILES string of the molecule is C/C(=N/NC(=O)c1cccc(O)c1)c1ccc(N2CCCCC2)cc1. The van der Waals surface area contributed by atoms with E-state index in [4.69, 9.17) is 0 Å². The van der Waals surface area contributed by atoms with Crippen LogP contribution in [0, 0.1) is 0 Å². The maximum Gasteiger partial charge on any atom is 0.271 e. The van der Waals surface area contributed by atoms with Gasteiger partial charge in [0.1, 0.15) is 5.75 Å². The molecule has 1 fully saturated rings. The molecule has 1 heterocycles. The molecular formula is C20H23N3O2. The fourth-order valence-electron chi connectivity index (χ4n) is 2.98. The largest absolute Gasteiger partial charge is 0.508 e. The Hall–Kier alpha value is -2.82. The Bertz CT molecular complexity index is 763. The van der Waals surface area contributed by atoms with Gasteiger partial charge in [0, 0.05) is 24.3 Å². The highest BCUT2D eigenvalue weighted by Gasteiger charge is 2.11. The molecule has 0 spiro atoms. The van der Waals surface area contributed by atoms with Gasteiger partial charge in [-0.15, -0.1) is 0 Å². The fraction of sp³-hybridized carbons (Fsp3) is 0.300. The molecule has 5 heteroatoms. The highest BCUT2D eigenvalue weighted by atomic mass is 16.3. The van der Waals surface area contributed by atoms with Crippen molar-refractivity contribution in [3.63, 3.8) is 0 Å². The summed E-state index contributed by atoms with van der Waals surface area (Å²) in [6.45, 7) is 4.09. The van der Waals surface area contributed by atoms with Crippen LogP contribution in [0.3, 0.4) is 0 Å². The molecule has 2 N–H and O–H groups in total. The molecule has 2 aromatic rings. The summed E-state index contributed by atoms with van der Waals surface area (Å²) in [6.07, 6.45) is 3.83. The second-order valence-corrected chi connectivity index (χ2v) is 6.28. The Labute approximate surface area is 148 Å². The minimum atomic E-state index is -0.347. The lowest BCUT2D eigenvalue weighted by Crippen LogP contribution is -2.29. The van der Waals surface area contributed by atoms with Crippen LogP contribution in [0.1, 0.15) is 42.1 Å². The van der Waals surface area contributed by atoms with Crippen molar-refractivity contribution in [1.29, 1.82) is 0 Å². The first-order chi connectivity index (χ1) is 12.1. The number of phenols is 1. The van der Waals surface area contributed by atoms with E-state index < -0.39 is 0 Å². The van der Waals surface area contributed by atoms with Crippen molar-refractivity contribution in [3.05, 3.63) is 59.7 Å². The van der Waals surface area contributed by atoms with Gasteiger partial charge in [-0.05, 0) is 62.1 Å². The van der Waals surface area contributed by atoms with Gasteiger partial charge in [0.15, 0.2) is 0 Å². The van der Waals surface area contributed by atoms with Gasteiger partial charge in [0.25, 0.3) is 5.91 Å². The quantitative estimate of drug-likeness (QED) is 0.662. The molecule has 0 aliphatic carbocycles. The minimum absolute atomic E-state index is 0.0571. The summed E-state index contributed by atoms with van der Waals surface area (Å²) in [5.74, 6) is -0.290. The Kier molecular flexibility index (Phi) is 5.33. The lowest BCUT2D eigenvalue weighted by Gasteiger charge is -2.28. The topological polar surface area (TPSA) is 64.9 Å². The van der Waals surface area contributed by atoms with E-state index in [0.717, 1.165) is 24.4 Å². The average molecular weight is 337 g/mol. The van der Waals surface area contributed by atoms with Gasteiger partial charge in [-0.3, -0.25) is 4.79 Å². The molecule has 2 aromatic carbocycles. The number of amides is 1. The van der Waals surface area contributed by atoms with Gasteiger partial charge in [-0.1, -0.05) is 18.2 Å². The smallest absolute Gasteiger partial charge is 0.271 e. The number of phenolic OH excluding ortho intramolecular Hbond substituents is 1. The summed E-state index contributed by atoms with van der Waals surface area (Å²) in [5, 5.41) is 13.6. The van der Waals surface area contributed by atoms with Crippen molar-refractivity contribution in [1.82, 2.24) is 5.43 Å². The van der Waals surface area contributed by atoms with Gasteiger partial charge in [-0.2, -0.15) is 5.10 Å². The van der Waals surface area contributed by atoms with Crippen LogP contribution in [0.25, 0.3) is 0 Å². The number of anilines is 1. The van der Waals surface area contributed by atoms with Crippen LogP contribution in [-0.2, 0) is 0 Å². The molecule has 0 aromatic heterocycles. The molecule has 130 valence electrons. The summed E-state index contributed by atoms with van der Waals surface area (Å²) in [7, 11) is 0. The zero-order valence-electron chi connectivity index (χ0n) is 14.4. The first-order valence-corrected chi connectivity index (χ1v) is 8.62.